The van der Waals surface area contributed by atoms with Gasteiger partial charge in [-0.05, 0) is 26.0 Å². The Morgan fingerprint density at radius 3 is 2.81 bits per heavy atom. The van der Waals surface area contributed by atoms with Crippen LogP contribution < -0.4 is 5.32 Å². The van der Waals surface area contributed by atoms with Gasteiger partial charge in [-0.25, -0.2) is 4.98 Å². The van der Waals surface area contributed by atoms with E-state index >= 15 is 0 Å². The fourth-order valence-electron chi connectivity index (χ4n) is 3.09. The number of anilines is 1. The molecular weight excluding hydrogens is 392 g/mol. The minimum Gasteiger partial charge on any atom is -0.373 e. The van der Waals surface area contributed by atoms with Gasteiger partial charge in [-0.3, -0.25) is 25.1 Å². The van der Waals surface area contributed by atoms with Gasteiger partial charge in [0.15, 0.2) is 5.13 Å². The molecule has 1 aromatic carbocycles. The van der Waals surface area contributed by atoms with Crippen molar-refractivity contribution in [1.82, 2.24) is 9.88 Å². The molecule has 1 aromatic heterocycles. The predicted molar refractivity (Wildman–Crippen MR) is 103 cm³/mol. The van der Waals surface area contributed by atoms with E-state index in [1.165, 1.54) is 29.5 Å². The number of nitro groups is 1. The second-order valence-electron chi connectivity index (χ2n) is 6.47. The molecule has 0 bridgehead atoms. The van der Waals surface area contributed by atoms with Crippen molar-refractivity contribution in [2.75, 3.05) is 18.4 Å². The van der Waals surface area contributed by atoms with E-state index in [1.54, 1.807) is 0 Å². The van der Waals surface area contributed by atoms with Gasteiger partial charge in [0.05, 0.1) is 22.8 Å². The van der Waals surface area contributed by atoms with Crippen LogP contribution in [0.5, 0.6) is 0 Å². The molecule has 1 saturated heterocycles. The Morgan fingerprint density at radius 1 is 1.44 bits per heavy atom. The number of halogens is 1. The lowest BCUT2D eigenvalue weighted by Gasteiger charge is -2.34. The maximum atomic E-state index is 12.4. The smallest absolute Gasteiger partial charge is 0.282 e. The third-order valence-electron chi connectivity index (χ3n) is 4.05. The summed E-state index contributed by atoms with van der Waals surface area (Å²) in [7, 11) is 0. The number of hydrogen-bond donors (Lipinski definition) is 1. The average molecular weight is 411 g/mol. The molecule has 1 amide bonds. The van der Waals surface area contributed by atoms with E-state index in [2.05, 4.69) is 15.2 Å². The van der Waals surface area contributed by atoms with Gasteiger partial charge in [0.1, 0.15) is 5.56 Å². The molecule has 8 nitrogen and oxygen atoms in total. The highest BCUT2D eigenvalue weighted by molar-refractivity contribution is 7.14. The van der Waals surface area contributed by atoms with Crippen LogP contribution in [0.15, 0.2) is 23.6 Å². The number of carbonyl (C=O) groups excluding carboxylic acids is 1. The Morgan fingerprint density at radius 2 is 2.15 bits per heavy atom. The zero-order valence-electron chi connectivity index (χ0n) is 14.8. The van der Waals surface area contributed by atoms with Crippen molar-refractivity contribution in [2.45, 2.75) is 32.6 Å². The normalized spacial score (nSPS) is 20.4. The maximum Gasteiger partial charge on any atom is 0.282 e. The van der Waals surface area contributed by atoms with Crippen LogP contribution in [0.3, 0.4) is 0 Å². The first kappa shape index (κ1) is 19.7. The molecule has 144 valence electrons. The van der Waals surface area contributed by atoms with Crippen LogP contribution in [0.25, 0.3) is 0 Å². The Kier molecular flexibility index (Phi) is 6.05. The van der Waals surface area contributed by atoms with E-state index in [0.717, 1.165) is 18.8 Å². The minimum absolute atomic E-state index is 0.0971. The van der Waals surface area contributed by atoms with Crippen molar-refractivity contribution in [2.24, 2.45) is 0 Å². The second kappa shape index (κ2) is 8.30. The molecule has 1 fully saturated rings. The summed E-state index contributed by atoms with van der Waals surface area (Å²) in [5.41, 5.74) is 0.433. The molecule has 2 atom stereocenters. The average Bonchev–Trinajstić information content (AvgIpc) is 3.00. The summed E-state index contributed by atoms with van der Waals surface area (Å²) in [6.07, 6.45) is 0.324. The predicted octanol–water partition coefficient (Wildman–Crippen LogP) is 3.57. The van der Waals surface area contributed by atoms with E-state index < -0.39 is 10.8 Å². The number of benzene rings is 1. The van der Waals surface area contributed by atoms with Gasteiger partial charge in [0, 0.05) is 36.1 Å². The molecule has 2 unspecified atom stereocenters. The van der Waals surface area contributed by atoms with Gasteiger partial charge in [0.2, 0.25) is 0 Å². The van der Waals surface area contributed by atoms with Crippen LogP contribution in [0.1, 0.15) is 29.9 Å². The molecule has 2 aromatic rings. The molecule has 3 rings (SSSR count). The van der Waals surface area contributed by atoms with Crippen LogP contribution in [0, 0.1) is 10.1 Å². The molecule has 2 heterocycles. The Labute approximate surface area is 165 Å². The second-order valence-corrected chi connectivity index (χ2v) is 7.76. The minimum atomic E-state index is -0.612. The zero-order valence-corrected chi connectivity index (χ0v) is 16.4. The molecular formula is C17H19ClN4O4S. The zero-order chi connectivity index (χ0) is 19.6. The van der Waals surface area contributed by atoms with Gasteiger partial charge in [-0.15, -0.1) is 11.3 Å². The quantitative estimate of drug-likeness (QED) is 0.597. The first-order chi connectivity index (χ1) is 12.8. The molecule has 10 heteroatoms. The van der Waals surface area contributed by atoms with Crippen LogP contribution in [-0.2, 0) is 11.3 Å². The summed E-state index contributed by atoms with van der Waals surface area (Å²) >= 11 is 7.15. The number of nitrogens with one attached hydrogen (secondary N) is 1. The Hall–Kier alpha value is -2.07. The number of rotatable bonds is 5. The highest BCUT2D eigenvalue weighted by atomic mass is 35.5. The topological polar surface area (TPSA) is 97.6 Å². The summed E-state index contributed by atoms with van der Waals surface area (Å²) in [4.78, 5) is 29.6. The van der Waals surface area contributed by atoms with Gasteiger partial charge in [-0.2, -0.15) is 0 Å². The third kappa shape index (κ3) is 5.01. The van der Waals surface area contributed by atoms with Gasteiger partial charge in [0.25, 0.3) is 11.6 Å². The number of ether oxygens (including phenoxy) is 1. The van der Waals surface area contributed by atoms with Gasteiger partial charge >= 0.3 is 0 Å². The molecule has 0 aliphatic carbocycles. The van der Waals surface area contributed by atoms with Crippen molar-refractivity contribution in [3.8, 4) is 0 Å². The van der Waals surface area contributed by atoms with E-state index in [4.69, 9.17) is 16.3 Å². The molecule has 1 N–H and O–H groups in total. The van der Waals surface area contributed by atoms with Crippen LogP contribution in [0.2, 0.25) is 5.02 Å². The van der Waals surface area contributed by atoms with Crippen LogP contribution in [0.4, 0.5) is 10.8 Å². The molecule has 1 aliphatic heterocycles. The SMILES string of the molecule is CC1CN(Cc2csc(NC(=O)c3cc(Cl)ccc3[N+](=O)[O-])n2)CC(C)O1. The first-order valence-corrected chi connectivity index (χ1v) is 9.65. The molecule has 0 saturated carbocycles. The third-order valence-corrected chi connectivity index (χ3v) is 5.09. The van der Waals surface area contributed by atoms with Crippen LogP contribution in [-0.4, -0.2) is 46.0 Å². The maximum absolute atomic E-state index is 12.4. The number of thiazole rings is 1. The Balaban J connectivity index is 1.68. The molecule has 1 aliphatic rings. The van der Waals surface area contributed by atoms with Crippen molar-refractivity contribution >= 4 is 39.7 Å². The lowest BCUT2D eigenvalue weighted by atomic mass is 10.1. The van der Waals surface area contributed by atoms with Crippen LogP contribution >= 0.6 is 22.9 Å². The highest BCUT2D eigenvalue weighted by Crippen LogP contribution is 2.25. The number of nitro benzene ring substituents is 1. The summed E-state index contributed by atoms with van der Waals surface area (Å²) in [5, 5.41) is 16.2. The Bertz CT molecular complexity index is 849. The number of nitrogens with zero attached hydrogens (tertiary/aromatic N) is 3. The van der Waals surface area contributed by atoms with Crippen molar-refractivity contribution in [1.29, 1.82) is 0 Å². The number of morpholine rings is 1. The number of amides is 1. The van der Waals surface area contributed by atoms with Gasteiger partial charge < -0.3 is 4.74 Å². The monoisotopic (exact) mass is 410 g/mol. The van der Waals surface area contributed by atoms with E-state index in [0.29, 0.717) is 11.7 Å². The molecule has 0 radical (unpaired) electrons. The summed E-state index contributed by atoms with van der Waals surface area (Å²) in [5.74, 6) is -0.612. The number of carbonyl (C=O) groups is 1. The highest BCUT2D eigenvalue weighted by Gasteiger charge is 2.24. The largest absolute Gasteiger partial charge is 0.373 e. The molecule has 0 spiro atoms. The molecule has 27 heavy (non-hydrogen) atoms. The number of aromatic nitrogens is 1. The summed E-state index contributed by atoms with van der Waals surface area (Å²) in [6.45, 7) is 6.36. The lowest BCUT2D eigenvalue weighted by Crippen LogP contribution is -2.44. The fourth-order valence-corrected chi connectivity index (χ4v) is 3.96. The van der Waals surface area contributed by atoms with Gasteiger partial charge in [-0.1, -0.05) is 11.6 Å². The first-order valence-electron chi connectivity index (χ1n) is 8.39. The van der Waals surface area contributed by atoms with E-state index in [9.17, 15) is 14.9 Å². The van der Waals surface area contributed by atoms with E-state index in [-0.39, 0.29) is 28.5 Å². The van der Waals surface area contributed by atoms with Crippen molar-refractivity contribution < 1.29 is 14.5 Å². The van der Waals surface area contributed by atoms with Crippen molar-refractivity contribution in [3.05, 3.63) is 50.0 Å². The lowest BCUT2D eigenvalue weighted by molar-refractivity contribution is -0.385. The fraction of sp³-hybridized carbons (Fsp3) is 0.412. The summed E-state index contributed by atoms with van der Waals surface area (Å²) in [6, 6.07) is 3.87. The standard InChI is InChI=1S/C17H19ClN4O4S/c1-10-6-21(7-11(2)26-10)8-13-9-27-17(19-13)20-16(23)14-5-12(18)3-4-15(14)22(24)25/h3-5,9-11H,6-8H2,1-2H3,(H,19,20,23). The number of hydrogen-bond acceptors (Lipinski definition) is 7. The van der Waals surface area contributed by atoms with E-state index in [1.807, 2.05) is 19.2 Å². The summed E-state index contributed by atoms with van der Waals surface area (Å²) < 4.78 is 5.72. The van der Waals surface area contributed by atoms with Crippen molar-refractivity contribution in [3.63, 3.8) is 0 Å².